The second kappa shape index (κ2) is 36.0. The van der Waals surface area contributed by atoms with Gasteiger partial charge < -0.3 is 17.1 Å². The van der Waals surface area contributed by atoms with Crippen LogP contribution in [0.1, 0.15) is 26.2 Å². The predicted octanol–water partition coefficient (Wildman–Crippen LogP) is 1.99. The predicted molar refractivity (Wildman–Crippen MR) is 72.0 cm³/mol. The van der Waals surface area contributed by atoms with Crippen molar-refractivity contribution in [3.63, 3.8) is 0 Å². The van der Waals surface area contributed by atoms with Gasteiger partial charge in [-0.2, -0.15) is 13.0 Å². The van der Waals surface area contributed by atoms with E-state index in [4.69, 9.17) is 0 Å². The van der Waals surface area contributed by atoms with Gasteiger partial charge in [-0.25, -0.2) is 12.2 Å². The number of hydrogen-bond donors (Lipinski definition) is 0. The molecule has 0 radical (unpaired) electrons. The maximum atomic E-state index is 9.46. The molecule has 0 aromatic carbocycles. The van der Waals surface area contributed by atoms with E-state index < -0.39 is 0 Å². The summed E-state index contributed by atoms with van der Waals surface area (Å²) in [6, 6.07) is 0. The van der Waals surface area contributed by atoms with E-state index in [0.717, 1.165) is 6.42 Å². The van der Waals surface area contributed by atoms with Crippen molar-refractivity contribution < 1.29 is 31.9 Å². The number of rotatable bonds is 4. The molecule has 1 aliphatic rings. The third kappa shape index (κ3) is 45.0. The Labute approximate surface area is 128 Å². The summed E-state index contributed by atoms with van der Waals surface area (Å²) in [6.07, 6.45) is 14.4. The summed E-state index contributed by atoms with van der Waals surface area (Å²) in [5.41, 5.74) is 0. The Kier molecular flexibility index (Phi) is 52.4. The summed E-state index contributed by atoms with van der Waals surface area (Å²) in [4.78, 5) is 0. The molecule has 1 aliphatic carbocycles. The Morgan fingerprint density at radius 1 is 1.17 bits per heavy atom. The van der Waals surface area contributed by atoms with Crippen LogP contribution in [0.4, 0.5) is 0 Å². The standard InChI is InChI=1S/C5H5.2C4H7O.C2H5.Ti/c1-2-4-5-3-1;2*1-2-3-4-5;1-2;/h1-3H,4H2;2*2H,1,3-4H2;1H2,2H3;/q4*-1;+4. The molecule has 0 aromatic rings. The third-order valence-corrected chi connectivity index (χ3v) is 1.23. The molecule has 0 bridgehead atoms. The van der Waals surface area contributed by atoms with Crippen LogP contribution >= 0.6 is 0 Å². The van der Waals surface area contributed by atoms with Crippen molar-refractivity contribution in [3.05, 3.63) is 56.5 Å². The number of hydrogen-bond acceptors (Lipinski definition) is 2. The van der Waals surface area contributed by atoms with Crippen LogP contribution in [-0.4, -0.2) is 13.2 Å². The molecule has 0 unspecified atom stereocenters. The maximum absolute atomic E-state index is 9.46. The molecule has 3 heteroatoms. The van der Waals surface area contributed by atoms with Crippen LogP contribution in [0.2, 0.25) is 0 Å². The summed E-state index contributed by atoms with van der Waals surface area (Å²) in [5, 5.41) is 18.9. The topological polar surface area (TPSA) is 46.1 Å². The Morgan fingerprint density at radius 2 is 1.61 bits per heavy atom. The van der Waals surface area contributed by atoms with E-state index in [1.165, 1.54) is 0 Å². The minimum atomic E-state index is -0.0243. The second-order valence-electron chi connectivity index (χ2n) is 2.57. The molecule has 0 aliphatic heterocycles. The van der Waals surface area contributed by atoms with Crippen LogP contribution in [0.5, 0.6) is 0 Å². The average Bonchev–Trinajstić information content (AvgIpc) is 2.93. The fraction of sp³-hybridized carbons (Fsp3) is 0.400. The smallest absolute Gasteiger partial charge is 0.854 e. The summed E-state index contributed by atoms with van der Waals surface area (Å²) < 4.78 is 0. The Bertz CT molecular complexity index is 167. The van der Waals surface area contributed by atoms with Gasteiger partial charge in [0.2, 0.25) is 0 Å². The van der Waals surface area contributed by atoms with Crippen molar-refractivity contribution in [1.29, 1.82) is 0 Å². The molecule has 100 valence electrons. The van der Waals surface area contributed by atoms with Crippen molar-refractivity contribution in [2.24, 2.45) is 0 Å². The summed E-state index contributed by atoms with van der Waals surface area (Å²) in [5.74, 6) is 0. The van der Waals surface area contributed by atoms with Gasteiger partial charge >= 0.3 is 21.7 Å². The quantitative estimate of drug-likeness (QED) is 0.450. The van der Waals surface area contributed by atoms with Gasteiger partial charge in [0.1, 0.15) is 0 Å². The van der Waals surface area contributed by atoms with Crippen molar-refractivity contribution in [1.82, 2.24) is 0 Å². The molecule has 0 N–H and O–H groups in total. The molecular formula is C15H24O2Ti. The van der Waals surface area contributed by atoms with Crippen molar-refractivity contribution in [3.8, 4) is 0 Å². The first-order chi connectivity index (χ1) is 8.33. The van der Waals surface area contributed by atoms with Gasteiger partial charge in [-0.1, -0.05) is 25.0 Å². The SMILES string of the molecule is C=CCC[O-].C=CCC[O-].[C-]1=CC=CC1.[CH2-]C.[Ti+4]. The monoisotopic (exact) mass is 284 g/mol. The van der Waals surface area contributed by atoms with Crippen LogP contribution in [0.3, 0.4) is 0 Å². The van der Waals surface area contributed by atoms with E-state index in [9.17, 15) is 10.2 Å². The summed E-state index contributed by atoms with van der Waals surface area (Å²) in [7, 11) is 0. The first-order valence-electron chi connectivity index (χ1n) is 5.63. The number of allylic oxidation sites excluding steroid dienone is 4. The molecule has 0 heterocycles. The molecule has 0 fully saturated rings. The normalized spacial score (nSPS) is 9.33. The van der Waals surface area contributed by atoms with E-state index in [-0.39, 0.29) is 34.9 Å². The first-order valence-corrected chi connectivity index (χ1v) is 5.63. The van der Waals surface area contributed by atoms with Crippen molar-refractivity contribution >= 4 is 0 Å². The van der Waals surface area contributed by atoms with Gasteiger partial charge in [-0.05, 0) is 0 Å². The van der Waals surface area contributed by atoms with Crippen LogP contribution in [-0.2, 0) is 21.7 Å². The first kappa shape index (κ1) is 26.2. The third-order valence-electron chi connectivity index (χ3n) is 1.23. The molecule has 0 spiro atoms. The van der Waals surface area contributed by atoms with Gasteiger partial charge in [0.25, 0.3) is 0 Å². The van der Waals surface area contributed by atoms with Gasteiger partial charge in [-0.3, -0.25) is 6.08 Å². The van der Waals surface area contributed by atoms with E-state index in [1.807, 2.05) is 12.2 Å². The zero-order chi connectivity index (χ0) is 13.8. The Morgan fingerprint density at radius 3 is 1.67 bits per heavy atom. The minimum absolute atomic E-state index is 0. The van der Waals surface area contributed by atoms with Crippen LogP contribution in [0, 0.1) is 13.0 Å². The van der Waals surface area contributed by atoms with E-state index in [1.54, 1.807) is 19.1 Å². The van der Waals surface area contributed by atoms with Gasteiger partial charge in [0.15, 0.2) is 0 Å². The summed E-state index contributed by atoms with van der Waals surface area (Å²) >= 11 is 0. The fourth-order valence-corrected chi connectivity index (χ4v) is 0.507. The molecule has 0 amide bonds. The largest absolute Gasteiger partial charge is 4.00 e. The van der Waals surface area contributed by atoms with Crippen LogP contribution in [0.25, 0.3) is 0 Å². The minimum Gasteiger partial charge on any atom is -0.854 e. The van der Waals surface area contributed by atoms with E-state index in [2.05, 4.69) is 32.2 Å². The van der Waals surface area contributed by atoms with Gasteiger partial charge in [-0.15, -0.1) is 32.8 Å². The second-order valence-corrected chi connectivity index (χ2v) is 2.57. The molecule has 1 rings (SSSR count). The molecular weight excluding hydrogens is 260 g/mol. The van der Waals surface area contributed by atoms with E-state index >= 15 is 0 Å². The average molecular weight is 284 g/mol. The van der Waals surface area contributed by atoms with Crippen molar-refractivity contribution in [2.45, 2.75) is 26.2 Å². The molecule has 2 nitrogen and oxygen atoms in total. The molecule has 18 heavy (non-hydrogen) atoms. The van der Waals surface area contributed by atoms with Gasteiger partial charge in [0, 0.05) is 0 Å². The molecule has 0 atom stereocenters. The van der Waals surface area contributed by atoms with Crippen LogP contribution < -0.4 is 10.2 Å². The van der Waals surface area contributed by atoms with Gasteiger partial charge in [0.05, 0.1) is 0 Å². The molecule has 0 aromatic heterocycles. The molecule has 0 saturated heterocycles. The Balaban J connectivity index is -0.0000000744. The Hall–Kier alpha value is -0.406. The maximum Gasteiger partial charge on any atom is 4.00 e. The van der Waals surface area contributed by atoms with Crippen molar-refractivity contribution in [2.75, 3.05) is 13.2 Å². The van der Waals surface area contributed by atoms with E-state index in [0.29, 0.717) is 12.8 Å². The summed E-state index contributed by atoms with van der Waals surface area (Å²) in [6.45, 7) is 11.7. The molecule has 0 saturated carbocycles. The zero-order valence-electron chi connectivity index (χ0n) is 11.4. The van der Waals surface area contributed by atoms with Crippen LogP contribution in [0.15, 0.2) is 43.5 Å². The fourth-order valence-electron chi connectivity index (χ4n) is 0.507. The zero-order valence-corrected chi connectivity index (χ0v) is 12.9.